The summed E-state index contributed by atoms with van der Waals surface area (Å²) in [5, 5.41) is 6.24. The average Bonchev–Trinajstić information content (AvgIpc) is 2.41. The van der Waals surface area contributed by atoms with Crippen LogP contribution in [-0.2, 0) is 9.84 Å². The van der Waals surface area contributed by atoms with E-state index in [2.05, 4.69) is 10.6 Å². The van der Waals surface area contributed by atoms with Gasteiger partial charge in [0.05, 0.1) is 4.90 Å². The fraction of sp³-hybridized carbons (Fsp3) is 0.133. The number of anilines is 2. The molecule has 0 saturated carbocycles. The van der Waals surface area contributed by atoms with Crippen molar-refractivity contribution in [3.63, 3.8) is 0 Å². The number of nitrogens with one attached hydrogen (secondary N) is 2. The predicted molar refractivity (Wildman–Crippen MR) is 90.5 cm³/mol. The third-order valence-electron chi connectivity index (χ3n) is 2.98. The van der Waals surface area contributed by atoms with Gasteiger partial charge in [-0.3, -0.25) is 0 Å². The topological polar surface area (TPSA) is 58.2 Å². The summed E-state index contributed by atoms with van der Waals surface area (Å²) >= 11 is 5.18. The number of sulfone groups is 1. The number of aryl methyl sites for hydroxylation is 1. The van der Waals surface area contributed by atoms with E-state index in [4.69, 9.17) is 12.2 Å². The van der Waals surface area contributed by atoms with Crippen LogP contribution in [0.5, 0.6) is 0 Å². The molecule has 0 aliphatic carbocycles. The molecule has 2 rings (SSSR count). The van der Waals surface area contributed by atoms with Crippen molar-refractivity contribution in [1.29, 1.82) is 0 Å². The SMILES string of the molecule is Cc1cc(F)ccc1NC(=S)Nc1ccc(S(C)(=O)=O)cc1. The normalized spacial score (nSPS) is 11.0. The molecule has 0 spiro atoms. The second-order valence-corrected chi connectivity index (χ2v) is 7.26. The lowest BCUT2D eigenvalue weighted by atomic mass is 10.2. The van der Waals surface area contributed by atoms with Gasteiger partial charge in [0, 0.05) is 17.6 Å². The summed E-state index contributed by atoms with van der Waals surface area (Å²) < 4.78 is 35.8. The zero-order valence-corrected chi connectivity index (χ0v) is 13.7. The molecule has 2 aromatic rings. The zero-order chi connectivity index (χ0) is 16.3. The summed E-state index contributed by atoms with van der Waals surface area (Å²) in [6.07, 6.45) is 1.15. The predicted octanol–water partition coefficient (Wildman–Crippen LogP) is 3.35. The minimum absolute atomic E-state index is 0.242. The van der Waals surface area contributed by atoms with Crippen molar-refractivity contribution in [2.75, 3.05) is 16.9 Å². The molecule has 0 atom stereocenters. The molecule has 0 aliphatic heterocycles. The summed E-state index contributed by atoms with van der Waals surface area (Å²) in [4.78, 5) is 0.242. The molecule has 22 heavy (non-hydrogen) atoms. The van der Waals surface area contributed by atoms with Crippen molar-refractivity contribution >= 4 is 38.5 Å². The van der Waals surface area contributed by atoms with Gasteiger partial charge in [0.2, 0.25) is 0 Å². The quantitative estimate of drug-likeness (QED) is 0.841. The molecule has 7 heteroatoms. The highest BCUT2D eigenvalue weighted by Gasteiger charge is 2.07. The van der Waals surface area contributed by atoms with E-state index in [0.717, 1.165) is 11.8 Å². The van der Waals surface area contributed by atoms with E-state index in [0.29, 0.717) is 16.5 Å². The highest BCUT2D eigenvalue weighted by atomic mass is 32.2. The van der Waals surface area contributed by atoms with Crippen LogP contribution < -0.4 is 10.6 Å². The van der Waals surface area contributed by atoms with E-state index in [-0.39, 0.29) is 10.7 Å². The van der Waals surface area contributed by atoms with Gasteiger partial charge >= 0.3 is 0 Å². The first kappa shape index (κ1) is 16.4. The molecule has 2 aromatic carbocycles. The number of benzene rings is 2. The van der Waals surface area contributed by atoms with Crippen molar-refractivity contribution < 1.29 is 12.8 Å². The Balaban J connectivity index is 2.06. The van der Waals surface area contributed by atoms with E-state index in [1.54, 1.807) is 25.1 Å². The Morgan fingerprint density at radius 1 is 1.09 bits per heavy atom. The van der Waals surface area contributed by atoms with Crippen LogP contribution in [0.1, 0.15) is 5.56 Å². The first-order valence-corrected chi connectivity index (χ1v) is 8.70. The first-order valence-electron chi connectivity index (χ1n) is 6.40. The van der Waals surface area contributed by atoms with Gasteiger partial charge in [0.1, 0.15) is 5.82 Å². The fourth-order valence-corrected chi connectivity index (χ4v) is 2.70. The third kappa shape index (κ3) is 4.25. The van der Waals surface area contributed by atoms with Gasteiger partial charge in [-0.25, -0.2) is 12.8 Å². The molecule has 0 fully saturated rings. The van der Waals surface area contributed by atoms with E-state index in [1.807, 2.05) is 0 Å². The number of halogens is 1. The lowest BCUT2D eigenvalue weighted by Crippen LogP contribution is -2.19. The van der Waals surface area contributed by atoms with Crippen molar-refractivity contribution in [2.45, 2.75) is 11.8 Å². The smallest absolute Gasteiger partial charge is 0.175 e. The monoisotopic (exact) mass is 338 g/mol. The molecule has 0 saturated heterocycles. The van der Waals surface area contributed by atoms with Gasteiger partial charge < -0.3 is 10.6 Å². The summed E-state index contributed by atoms with van der Waals surface area (Å²) in [6, 6.07) is 10.6. The third-order valence-corrected chi connectivity index (χ3v) is 4.31. The maximum absolute atomic E-state index is 13.0. The van der Waals surface area contributed by atoms with Crippen LogP contribution >= 0.6 is 12.2 Å². The molecule has 0 radical (unpaired) electrons. The molecule has 0 bridgehead atoms. The molecule has 0 unspecified atom stereocenters. The van der Waals surface area contributed by atoms with E-state index in [9.17, 15) is 12.8 Å². The van der Waals surface area contributed by atoms with Crippen LogP contribution in [0, 0.1) is 12.7 Å². The molecule has 4 nitrogen and oxygen atoms in total. The maximum Gasteiger partial charge on any atom is 0.175 e. The van der Waals surface area contributed by atoms with E-state index >= 15 is 0 Å². The minimum atomic E-state index is -3.22. The summed E-state index contributed by atoms with van der Waals surface area (Å²) in [6.45, 7) is 1.77. The van der Waals surface area contributed by atoms with Crippen molar-refractivity contribution in [3.05, 3.63) is 53.8 Å². The Labute approximate surface area is 134 Å². The Hall–Kier alpha value is -1.99. The van der Waals surface area contributed by atoms with Crippen LogP contribution in [-0.4, -0.2) is 19.8 Å². The fourth-order valence-electron chi connectivity index (χ4n) is 1.84. The summed E-state index contributed by atoms with van der Waals surface area (Å²) in [5.41, 5.74) is 2.09. The number of hydrogen-bond donors (Lipinski definition) is 2. The Bertz CT molecular complexity index is 803. The molecule has 116 valence electrons. The average molecular weight is 338 g/mol. The van der Waals surface area contributed by atoms with Crippen LogP contribution in [0.2, 0.25) is 0 Å². The van der Waals surface area contributed by atoms with Crippen LogP contribution in [0.15, 0.2) is 47.4 Å². The second kappa shape index (κ2) is 6.41. The molecule has 0 aromatic heterocycles. The maximum atomic E-state index is 13.0. The molecular weight excluding hydrogens is 323 g/mol. The Morgan fingerprint density at radius 2 is 1.73 bits per heavy atom. The molecular formula is C15H15FN2O2S2. The largest absolute Gasteiger partial charge is 0.332 e. The standard InChI is InChI=1S/C15H15FN2O2S2/c1-10-9-11(16)3-8-14(10)18-15(21)17-12-4-6-13(7-5-12)22(2,19)20/h3-9H,1-2H3,(H2,17,18,21). The van der Waals surface area contributed by atoms with Crippen molar-refractivity contribution in [2.24, 2.45) is 0 Å². The molecule has 0 heterocycles. The van der Waals surface area contributed by atoms with Crippen LogP contribution in [0.25, 0.3) is 0 Å². The molecule has 0 amide bonds. The van der Waals surface area contributed by atoms with Gasteiger partial charge in [0.25, 0.3) is 0 Å². The van der Waals surface area contributed by atoms with Gasteiger partial charge in [0.15, 0.2) is 14.9 Å². The highest BCUT2D eigenvalue weighted by molar-refractivity contribution is 7.90. The van der Waals surface area contributed by atoms with E-state index < -0.39 is 9.84 Å². The Morgan fingerprint density at radius 3 is 2.27 bits per heavy atom. The zero-order valence-electron chi connectivity index (χ0n) is 12.1. The molecule has 0 aliphatic rings. The van der Waals surface area contributed by atoms with E-state index in [1.165, 1.54) is 24.3 Å². The minimum Gasteiger partial charge on any atom is -0.332 e. The lowest BCUT2D eigenvalue weighted by molar-refractivity contribution is 0.602. The van der Waals surface area contributed by atoms with Gasteiger partial charge in [-0.15, -0.1) is 0 Å². The Kier molecular flexibility index (Phi) is 4.77. The first-order chi connectivity index (χ1) is 10.3. The van der Waals surface area contributed by atoms with Crippen molar-refractivity contribution in [1.82, 2.24) is 0 Å². The highest BCUT2D eigenvalue weighted by Crippen LogP contribution is 2.17. The summed E-state index contributed by atoms with van der Waals surface area (Å²) in [5.74, 6) is -0.307. The number of rotatable bonds is 3. The van der Waals surface area contributed by atoms with Gasteiger partial charge in [-0.2, -0.15) is 0 Å². The number of thiocarbonyl (C=S) groups is 1. The van der Waals surface area contributed by atoms with Gasteiger partial charge in [-0.05, 0) is 67.2 Å². The van der Waals surface area contributed by atoms with Gasteiger partial charge in [-0.1, -0.05) is 0 Å². The summed E-state index contributed by atoms with van der Waals surface area (Å²) in [7, 11) is -3.22. The van der Waals surface area contributed by atoms with Crippen LogP contribution in [0.3, 0.4) is 0 Å². The van der Waals surface area contributed by atoms with Crippen molar-refractivity contribution in [3.8, 4) is 0 Å². The molecule has 2 N–H and O–H groups in total. The number of hydrogen-bond acceptors (Lipinski definition) is 3. The second-order valence-electron chi connectivity index (χ2n) is 4.83. The lowest BCUT2D eigenvalue weighted by Gasteiger charge is -2.12. The van der Waals surface area contributed by atoms with Crippen LogP contribution in [0.4, 0.5) is 15.8 Å².